The van der Waals surface area contributed by atoms with Crippen LogP contribution in [0.4, 0.5) is 0 Å². The third-order valence-corrected chi connectivity index (χ3v) is 1.66. The number of esters is 1. The molecule has 82 valence electrons. The first-order chi connectivity index (χ1) is 6.70. The van der Waals surface area contributed by atoms with E-state index in [1.807, 2.05) is 6.92 Å². The van der Waals surface area contributed by atoms with Crippen LogP contribution in [0.5, 0.6) is 0 Å². The largest absolute Gasteiger partial charge is 0.481 e. The van der Waals surface area contributed by atoms with Crippen LogP contribution < -0.4 is 0 Å². The molecule has 0 aromatic carbocycles. The number of nitrogens with one attached hydrogen (secondary N) is 1. The van der Waals surface area contributed by atoms with Crippen LogP contribution in [0.1, 0.15) is 39.5 Å². The Kier molecular flexibility index (Phi) is 7.89. The zero-order chi connectivity index (χ0) is 10.8. The minimum atomic E-state index is -0.157. The van der Waals surface area contributed by atoms with Crippen LogP contribution in [0.2, 0.25) is 0 Å². The molecular weight excluding hydrogens is 182 g/mol. The van der Waals surface area contributed by atoms with Crippen LogP contribution >= 0.6 is 0 Å². The Hall–Kier alpha value is -1.06. The van der Waals surface area contributed by atoms with Gasteiger partial charge in [-0.25, -0.2) is 0 Å². The van der Waals surface area contributed by atoms with Crippen LogP contribution in [-0.2, 0) is 14.3 Å². The van der Waals surface area contributed by atoms with Gasteiger partial charge in [-0.15, -0.1) is 0 Å². The van der Waals surface area contributed by atoms with Gasteiger partial charge in [0.05, 0.1) is 13.2 Å². The van der Waals surface area contributed by atoms with Crippen LogP contribution in [0, 0.1) is 5.41 Å². The maximum Gasteiger partial charge on any atom is 0.305 e. The van der Waals surface area contributed by atoms with Gasteiger partial charge < -0.3 is 9.47 Å². The molecule has 0 aliphatic heterocycles. The Morgan fingerprint density at radius 1 is 1.07 bits per heavy atom. The molecule has 14 heavy (non-hydrogen) atoms. The third-order valence-electron chi connectivity index (χ3n) is 1.66. The van der Waals surface area contributed by atoms with Crippen LogP contribution in [-0.4, -0.2) is 25.1 Å². The Morgan fingerprint density at radius 2 is 1.64 bits per heavy atom. The molecule has 0 aromatic heterocycles. The first-order valence-electron chi connectivity index (χ1n) is 5.06. The average molecular weight is 201 g/mol. The van der Waals surface area contributed by atoms with Crippen molar-refractivity contribution in [3.63, 3.8) is 0 Å². The summed E-state index contributed by atoms with van der Waals surface area (Å²) in [6, 6.07) is 0. The van der Waals surface area contributed by atoms with Gasteiger partial charge in [0.25, 0.3) is 0 Å². The quantitative estimate of drug-likeness (QED) is 0.297. The van der Waals surface area contributed by atoms with Crippen molar-refractivity contribution in [1.82, 2.24) is 0 Å². The lowest BCUT2D eigenvalue weighted by Gasteiger charge is -2.04. The minimum absolute atomic E-state index is 0.157. The summed E-state index contributed by atoms with van der Waals surface area (Å²) in [5, 5.41) is 7.32. The number of carbonyl (C=O) groups is 1. The highest BCUT2D eigenvalue weighted by Gasteiger charge is 2.02. The molecular formula is C10H19NO3. The highest BCUT2D eigenvalue weighted by molar-refractivity contribution is 5.72. The van der Waals surface area contributed by atoms with Crippen molar-refractivity contribution < 1.29 is 14.3 Å². The monoisotopic (exact) mass is 201 g/mol. The second-order valence-electron chi connectivity index (χ2n) is 2.87. The smallest absolute Gasteiger partial charge is 0.305 e. The maximum absolute atomic E-state index is 10.9. The first kappa shape index (κ1) is 12.9. The van der Waals surface area contributed by atoms with E-state index in [1.165, 1.54) is 0 Å². The van der Waals surface area contributed by atoms with E-state index in [2.05, 4.69) is 0 Å². The van der Waals surface area contributed by atoms with Gasteiger partial charge in [-0.1, -0.05) is 0 Å². The Bertz CT molecular complexity index is 160. The molecule has 4 nitrogen and oxygen atoms in total. The molecule has 0 aliphatic carbocycles. The summed E-state index contributed by atoms with van der Waals surface area (Å²) in [5.41, 5.74) is 0. The topological polar surface area (TPSA) is 59.4 Å². The number of rotatable bonds is 7. The van der Waals surface area contributed by atoms with E-state index in [0.717, 1.165) is 12.8 Å². The van der Waals surface area contributed by atoms with Crippen molar-refractivity contribution in [2.75, 3.05) is 13.2 Å². The number of ether oxygens (including phenoxy) is 2. The second kappa shape index (κ2) is 8.53. The standard InChI is InChI=1S/C10H19NO3/c1-3-13-9(11)7-5-6-8-10(12)14-4-2/h11H,3-8H2,1-2H3. The van der Waals surface area contributed by atoms with Crippen molar-refractivity contribution in [2.45, 2.75) is 39.5 Å². The lowest BCUT2D eigenvalue weighted by Crippen LogP contribution is -2.05. The van der Waals surface area contributed by atoms with E-state index in [-0.39, 0.29) is 5.97 Å². The molecule has 4 heteroatoms. The maximum atomic E-state index is 10.9. The first-order valence-corrected chi connectivity index (χ1v) is 5.06. The minimum Gasteiger partial charge on any atom is -0.481 e. The van der Waals surface area contributed by atoms with Crippen molar-refractivity contribution in [3.05, 3.63) is 0 Å². The molecule has 0 unspecified atom stereocenters. The van der Waals surface area contributed by atoms with E-state index in [9.17, 15) is 4.79 Å². The summed E-state index contributed by atoms with van der Waals surface area (Å²) in [6.07, 6.45) is 2.60. The molecule has 0 saturated carbocycles. The SMILES string of the molecule is CCOC(=N)CCCCC(=O)OCC. The number of unbranched alkanes of at least 4 members (excludes halogenated alkanes) is 1. The molecule has 0 aromatic rings. The fourth-order valence-electron chi connectivity index (χ4n) is 1.03. The van der Waals surface area contributed by atoms with E-state index in [4.69, 9.17) is 14.9 Å². The van der Waals surface area contributed by atoms with Crippen molar-refractivity contribution in [3.8, 4) is 0 Å². The summed E-state index contributed by atoms with van der Waals surface area (Å²) in [6.45, 7) is 4.63. The van der Waals surface area contributed by atoms with Gasteiger partial charge in [-0.3, -0.25) is 10.2 Å². The van der Waals surface area contributed by atoms with Gasteiger partial charge in [-0.2, -0.15) is 0 Å². The van der Waals surface area contributed by atoms with Crippen molar-refractivity contribution in [1.29, 1.82) is 5.41 Å². The highest BCUT2D eigenvalue weighted by atomic mass is 16.5. The van der Waals surface area contributed by atoms with Gasteiger partial charge in [0.2, 0.25) is 0 Å². The summed E-state index contributed by atoms with van der Waals surface area (Å²) >= 11 is 0. The molecule has 0 amide bonds. The molecule has 0 saturated heterocycles. The molecule has 0 fully saturated rings. The Labute approximate surface area is 85.1 Å². The molecule has 0 spiro atoms. The molecule has 0 radical (unpaired) electrons. The van der Waals surface area contributed by atoms with Gasteiger partial charge in [-0.05, 0) is 26.7 Å². The molecule has 0 heterocycles. The lowest BCUT2D eigenvalue weighted by molar-refractivity contribution is -0.143. The summed E-state index contributed by atoms with van der Waals surface area (Å²) in [4.78, 5) is 10.9. The van der Waals surface area contributed by atoms with Crippen LogP contribution in [0.15, 0.2) is 0 Å². The summed E-state index contributed by atoms with van der Waals surface area (Å²) in [5.74, 6) is 0.145. The molecule has 0 rings (SSSR count). The number of hydrogen-bond acceptors (Lipinski definition) is 4. The van der Waals surface area contributed by atoms with E-state index in [1.54, 1.807) is 6.92 Å². The number of hydrogen-bond donors (Lipinski definition) is 1. The zero-order valence-electron chi connectivity index (χ0n) is 8.97. The molecule has 0 atom stereocenters. The van der Waals surface area contributed by atoms with Crippen molar-refractivity contribution in [2.24, 2.45) is 0 Å². The normalized spacial score (nSPS) is 9.57. The van der Waals surface area contributed by atoms with E-state index >= 15 is 0 Å². The van der Waals surface area contributed by atoms with Gasteiger partial charge in [0.15, 0.2) is 5.90 Å². The Balaban J connectivity index is 3.28. The third kappa shape index (κ3) is 7.58. The van der Waals surface area contributed by atoms with Crippen LogP contribution in [0.3, 0.4) is 0 Å². The van der Waals surface area contributed by atoms with Gasteiger partial charge in [0.1, 0.15) is 0 Å². The molecule has 0 aliphatic rings. The van der Waals surface area contributed by atoms with Gasteiger partial charge in [0, 0.05) is 12.8 Å². The highest BCUT2D eigenvalue weighted by Crippen LogP contribution is 2.02. The van der Waals surface area contributed by atoms with Gasteiger partial charge >= 0.3 is 5.97 Å². The fourth-order valence-corrected chi connectivity index (χ4v) is 1.03. The predicted molar refractivity (Wildman–Crippen MR) is 54.5 cm³/mol. The molecule has 1 N–H and O–H groups in total. The zero-order valence-corrected chi connectivity index (χ0v) is 8.97. The second-order valence-corrected chi connectivity index (χ2v) is 2.87. The average Bonchev–Trinajstić information content (AvgIpc) is 2.13. The summed E-state index contributed by atoms with van der Waals surface area (Å²) < 4.78 is 9.74. The predicted octanol–water partition coefficient (Wildman–Crippen LogP) is 2.12. The lowest BCUT2D eigenvalue weighted by atomic mass is 10.2. The van der Waals surface area contributed by atoms with E-state index < -0.39 is 0 Å². The Morgan fingerprint density at radius 3 is 2.21 bits per heavy atom. The fraction of sp³-hybridized carbons (Fsp3) is 0.800. The van der Waals surface area contributed by atoms with Crippen LogP contribution in [0.25, 0.3) is 0 Å². The number of carbonyl (C=O) groups excluding carboxylic acids is 1. The summed E-state index contributed by atoms with van der Waals surface area (Å²) in [7, 11) is 0. The van der Waals surface area contributed by atoms with Crippen molar-refractivity contribution >= 4 is 11.9 Å². The molecule has 0 bridgehead atoms. The van der Waals surface area contributed by atoms with E-state index in [0.29, 0.717) is 32.0 Å².